The van der Waals surface area contributed by atoms with Crippen molar-refractivity contribution in [2.24, 2.45) is 0 Å². The molecule has 0 unspecified atom stereocenters. The predicted octanol–water partition coefficient (Wildman–Crippen LogP) is 0.773. The largest absolute Gasteiger partial charge is 0.347 e. The number of piperazine rings is 1. The Hall–Kier alpha value is -1.59. The van der Waals surface area contributed by atoms with Crippen molar-refractivity contribution >= 4 is 23.4 Å². The van der Waals surface area contributed by atoms with Crippen LogP contribution in [-0.4, -0.2) is 61.4 Å². The molecule has 5 nitrogen and oxygen atoms in total. The van der Waals surface area contributed by atoms with Crippen LogP contribution in [0, 0.1) is 0 Å². The summed E-state index contributed by atoms with van der Waals surface area (Å²) in [6.07, 6.45) is 0.190. The quantitative estimate of drug-likeness (QED) is 0.894. The van der Waals surface area contributed by atoms with E-state index in [1.54, 1.807) is 11.0 Å². The predicted molar refractivity (Wildman–Crippen MR) is 82.2 cm³/mol. The van der Waals surface area contributed by atoms with Gasteiger partial charge < -0.3 is 15.1 Å². The summed E-state index contributed by atoms with van der Waals surface area (Å²) in [5.41, 5.74) is 0.767. The van der Waals surface area contributed by atoms with Crippen molar-refractivity contribution in [1.29, 1.82) is 0 Å². The molecule has 114 valence electrons. The van der Waals surface area contributed by atoms with E-state index in [9.17, 15) is 9.59 Å². The lowest BCUT2D eigenvalue weighted by Crippen LogP contribution is -2.50. The van der Waals surface area contributed by atoms with Crippen LogP contribution in [0.5, 0.6) is 0 Å². The van der Waals surface area contributed by atoms with Crippen LogP contribution in [0.1, 0.15) is 5.56 Å². The van der Waals surface area contributed by atoms with E-state index < -0.39 is 0 Å². The maximum Gasteiger partial charge on any atom is 0.242 e. The molecule has 6 heteroatoms. The minimum Gasteiger partial charge on any atom is -0.347 e. The van der Waals surface area contributed by atoms with E-state index in [4.69, 9.17) is 11.6 Å². The van der Waals surface area contributed by atoms with Gasteiger partial charge in [-0.15, -0.1) is 0 Å². The maximum absolute atomic E-state index is 12.0. The highest BCUT2D eigenvalue weighted by atomic mass is 35.5. The van der Waals surface area contributed by atoms with Crippen LogP contribution >= 0.6 is 11.6 Å². The van der Waals surface area contributed by atoms with Gasteiger partial charge in [0.15, 0.2) is 0 Å². The van der Waals surface area contributed by atoms with Crippen molar-refractivity contribution in [2.75, 3.05) is 39.8 Å². The van der Waals surface area contributed by atoms with Gasteiger partial charge in [-0.25, -0.2) is 0 Å². The van der Waals surface area contributed by atoms with Crippen LogP contribution in [0.2, 0.25) is 5.02 Å². The lowest BCUT2D eigenvalue weighted by molar-refractivity contribution is -0.134. The van der Waals surface area contributed by atoms with E-state index >= 15 is 0 Å². The summed E-state index contributed by atoms with van der Waals surface area (Å²) in [4.78, 5) is 27.8. The number of nitrogens with zero attached hydrogens (tertiary/aromatic N) is 2. The molecule has 1 aromatic rings. The van der Waals surface area contributed by atoms with Gasteiger partial charge in [-0.05, 0) is 18.7 Å². The Balaban J connectivity index is 1.76. The summed E-state index contributed by atoms with van der Waals surface area (Å²) in [5, 5.41) is 3.23. The Bertz CT molecular complexity index is 513. The molecule has 21 heavy (non-hydrogen) atoms. The van der Waals surface area contributed by atoms with Crippen molar-refractivity contribution in [3.05, 3.63) is 34.9 Å². The highest BCUT2D eigenvalue weighted by Crippen LogP contribution is 2.15. The van der Waals surface area contributed by atoms with Gasteiger partial charge in [0.25, 0.3) is 0 Å². The summed E-state index contributed by atoms with van der Waals surface area (Å²) in [6.45, 7) is 3.23. The molecule has 0 spiro atoms. The molecule has 0 bridgehead atoms. The molecule has 0 aromatic heterocycles. The monoisotopic (exact) mass is 309 g/mol. The van der Waals surface area contributed by atoms with Crippen molar-refractivity contribution < 1.29 is 9.59 Å². The molecule has 0 atom stereocenters. The third-order valence-corrected chi connectivity index (χ3v) is 3.97. The Morgan fingerprint density at radius 3 is 2.52 bits per heavy atom. The lowest BCUT2D eigenvalue weighted by atomic mass is 10.1. The van der Waals surface area contributed by atoms with E-state index in [-0.39, 0.29) is 24.8 Å². The number of carbonyl (C=O) groups is 2. The second-order valence-corrected chi connectivity index (χ2v) is 5.64. The second-order valence-electron chi connectivity index (χ2n) is 5.23. The summed E-state index contributed by atoms with van der Waals surface area (Å²) >= 11 is 6.01. The highest BCUT2D eigenvalue weighted by Gasteiger charge is 2.19. The molecule has 1 N–H and O–H groups in total. The molecule has 2 rings (SSSR count). The third-order valence-electron chi connectivity index (χ3n) is 3.60. The minimum atomic E-state index is -0.189. The Kier molecular flexibility index (Phi) is 5.59. The molecule has 0 radical (unpaired) electrons. The normalized spacial score (nSPS) is 15.8. The molecule has 2 amide bonds. The molecule has 1 aliphatic heterocycles. The Labute approximate surface area is 129 Å². The molecule has 1 heterocycles. The fraction of sp³-hybridized carbons (Fsp3) is 0.467. The fourth-order valence-electron chi connectivity index (χ4n) is 2.22. The van der Waals surface area contributed by atoms with Gasteiger partial charge in [0.05, 0.1) is 13.0 Å². The average molecular weight is 310 g/mol. The molecule has 0 aliphatic carbocycles. The van der Waals surface area contributed by atoms with Crippen LogP contribution < -0.4 is 5.32 Å². The van der Waals surface area contributed by atoms with Crippen LogP contribution in [-0.2, 0) is 16.0 Å². The first-order valence-corrected chi connectivity index (χ1v) is 7.40. The van der Waals surface area contributed by atoms with Crippen LogP contribution in [0.15, 0.2) is 24.3 Å². The first-order valence-electron chi connectivity index (χ1n) is 7.02. The first kappa shape index (κ1) is 15.8. The van der Waals surface area contributed by atoms with Crippen LogP contribution in [0.25, 0.3) is 0 Å². The Morgan fingerprint density at radius 2 is 1.86 bits per heavy atom. The zero-order valence-corrected chi connectivity index (χ0v) is 12.9. The van der Waals surface area contributed by atoms with Crippen molar-refractivity contribution in [3.8, 4) is 0 Å². The maximum atomic E-state index is 12.0. The fourth-order valence-corrected chi connectivity index (χ4v) is 2.42. The smallest absolute Gasteiger partial charge is 0.242 e. The topological polar surface area (TPSA) is 52.6 Å². The van der Waals surface area contributed by atoms with E-state index in [2.05, 4.69) is 10.2 Å². The van der Waals surface area contributed by atoms with E-state index in [0.717, 1.165) is 31.7 Å². The Morgan fingerprint density at radius 1 is 1.19 bits per heavy atom. The molecule has 1 aliphatic rings. The van der Waals surface area contributed by atoms with E-state index in [0.29, 0.717) is 5.02 Å². The highest BCUT2D eigenvalue weighted by molar-refractivity contribution is 6.31. The number of hydrogen-bond acceptors (Lipinski definition) is 3. The summed E-state index contributed by atoms with van der Waals surface area (Å²) < 4.78 is 0. The number of rotatable bonds is 4. The van der Waals surface area contributed by atoms with E-state index in [1.807, 2.05) is 25.2 Å². The molecular weight excluding hydrogens is 290 g/mol. The first-order chi connectivity index (χ1) is 10.1. The average Bonchev–Trinajstić information content (AvgIpc) is 2.48. The van der Waals surface area contributed by atoms with Gasteiger partial charge in [-0.2, -0.15) is 0 Å². The van der Waals surface area contributed by atoms with Gasteiger partial charge >= 0.3 is 0 Å². The van der Waals surface area contributed by atoms with Crippen molar-refractivity contribution in [2.45, 2.75) is 6.42 Å². The number of benzene rings is 1. The molecule has 1 aromatic carbocycles. The third kappa shape index (κ3) is 4.72. The van der Waals surface area contributed by atoms with E-state index in [1.165, 1.54) is 0 Å². The second kappa shape index (κ2) is 7.43. The molecule has 1 fully saturated rings. The molecule has 1 saturated heterocycles. The van der Waals surface area contributed by atoms with Gasteiger partial charge in [0, 0.05) is 31.2 Å². The number of halogens is 1. The minimum absolute atomic E-state index is 0.0318. The van der Waals surface area contributed by atoms with Gasteiger partial charge in [0.1, 0.15) is 0 Å². The summed E-state index contributed by atoms with van der Waals surface area (Å²) in [5.74, 6) is -0.221. The standard InChI is InChI=1S/C15H20ClN3O2/c1-18-6-8-19(9-7-18)15(21)11-17-14(20)10-12-4-2-3-5-13(12)16/h2-5H,6-11H2,1H3,(H,17,20). The van der Waals surface area contributed by atoms with Gasteiger partial charge in [0.2, 0.25) is 11.8 Å². The van der Waals surface area contributed by atoms with Gasteiger partial charge in [-0.1, -0.05) is 29.8 Å². The molecular formula is C15H20ClN3O2. The lowest BCUT2D eigenvalue weighted by Gasteiger charge is -2.32. The van der Waals surface area contributed by atoms with Gasteiger partial charge in [-0.3, -0.25) is 9.59 Å². The zero-order chi connectivity index (χ0) is 15.2. The SMILES string of the molecule is CN1CCN(C(=O)CNC(=O)Cc2ccccc2Cl)CC1. The van der Waals surface area contributed by atoms with Crippen LogP contribution in [0.4, 0.5) is 0 Å². The summed E-state index contributed by atoms with van der Waals surface area (Å²) in [6, 6.07) is 7.22. The number of carbonyl (C=O) groups excluding carboxylic acids is 2. The number of hydrogen-bond donors (Lipinski definition) is 1. The number of amides is 2. The zero-order valence-electron chi connectivity index (χ0n) is 12.1. The van der Waals surface area contributed by atoms with Crippen molar-refractivity contribution in [1.82, 2.24) is 15.1 Å². The molecule has 0 saturated carbocycles. The van der Waals surface area contributed by atoms with Crippen LogP contribution in [0.3, 0.4) is 0 Å². The number of nitrogens with one attached hydrogen (secondary N) is 1. The van der Waals surface area contributed by atoms with Crippen molar-refractivity contribution in [3.63, 3.8) is 0 Å². The summed E-state index contributed by atoms with van der Waals surface area (Å²) in [7, 11) is 2.03. The number of likely N-dealkylation sites (N-methyl/N-ethyl adjacent to an activating group) is 1.